The van der Waals surface area contributed by atoms with Crippen LogP contribution in [-0.2, 0) is 0 Å². The van der Waals surface area contributed by atoms with E-state index in [-0.39, 0.29) is 17.5 Å². The number of benzene rings is 1. The van der Waals surface area contributed by atoms with E-state index in [0.29, 0.717) is 12.6 Å². The van der Waals surface area contributed by atoms with Crippen molar-refractivity contribution in [1.82, 2.24) is 15.1 Å². The summed E-state index contributed by atoms with van der Waals surface area (Å²) < 4.78 is 28.0. The summed E-state index contributed by atoms with van der Waals surface area (Å²) in [5, 5.41) is 3.46. The van der Waals surface area contributed by atoms with E-state index in [9.17, 15) is 8.78 Å². The highest BCUT2D eigenvalue weighted by atomic mass is 19.1. The van der Waals surface area contributed by atoms with Crippen molar-refractivity contribution in [3.05, 3.63) is 35.4 Å². The van der Waals surface area contributed by atoms with Crippen LogP contribution in [0.5, 0.6) is 0 Å². The largest absolute Gasteiger partial charge is 0.353 e. The summed E-state index contributed by atoms with van der Waals surface area (Å²) in [6.45, 7) is 11.1. The molecule has 144 valence electrons. The van der Waals surface area contributed by atoms with E-state index in [0.717, 1.165) is 45.0 Å². The van der Waals surface area contributed by atoms with Crippen molar-refractivity contribution in [2.45, 2.75) is 51.6 Å². The van der Waals surface area contributed by atoms with Gasteiger partial charge in [-0.05, 0) is 45.0 Å². The van der Waals surface area contributed by atoms with Crippen molar-refractivity contribution in [3.8, 4) is 0 Å². The van der Waals surface area contributed by atoms with Crippen LogP contribution in [0.25, 0.3) is 0 Å². The summed E-state index contributed by atoms with van der Waals surface area (Å²) in [4.78, 5) is 9.41. The second kappa shape index (κ2) is 8.33. The number of nitrogens with zero attached hydrogens (tertiary/aromatic N) is 3. The van der Waals surface area contributed by atoms with Crippen LogP contribution < -0.4 is 5.32 Å². The average molecular weight is 364 g/mol. The van der Waals surface area contributed by atoms with E-state index in [2.05, 4.69) is 34.0 Å². The number of likely N-dealkylation sites (N-methyl/N-ethyl adjacent to an activating group) is 1. The number of nitrogens with one attached hydrogen (secondary N) is 1. The maximum absolute atomic E-state index is 14.0. The highest BCUT2D eigenvalue weighted by molar-refractivity contribution is 5.81. The van der Waals surface area contributed by atoms with Crippen LogP contribution in [0.15, 0.2) is 23.2 Å². The summed E-state index contributed by atoms with van der Waals surface area (Å²) in [6, 6.07) is 4.70. The van der Waals surface area contributed by atoms with Gasteiger partial charge in [-0.1, -0.05) is 19.9 Å². The molecule has 1 aliphatic carbocycles. The lowest BCUT2D eigenvalue weighted by Gasteiger charge is -2.27. The van der Waals surface area contributed by atoms with Crippen LogP contribution in [0.4, 0.5) is 8.78 Å². The van der Waals surface area contributed by atoms with Crippen LogP contribution in [0.2, 0.25) is 0 Å². The normalized spacial score (nSPS) is 25.8. The first kappa shape index (κ1) is 19.1. The highest BCUT2D eigenvalue weighted by Crippen LogP contribution is 2.43. The second-order valence-corrected chi connectivity index (χ2v) is 7.14. The number of likely N-dealkylation sites (tertiary alicyclic amines) is 1. The smallest absolute Gasteiger partial charge is 0.194 e. The zero-order valence-corrected chi connectivity index (χ0v) is 16.0. The molecule has 0 bridgehead atoms. The third-order valence-corrected chi connectivity index (χ3v) is 5.57. The molecule has 2 fully saturated rings. The van der Waals surface area contributed by atoms with E-state index >= 15 is 0 Å². The lowest BCUT2D eigenvalue weighted by Crippen LogP contribution is -2.44. The van der Waals surface area contributed by atoms with Gasteiger partial charge in [0.25, 0.3) is 0 Å². The second-order valence-electron chi connectivity index (χ2n) is 7.14. The summed E-state index contributed by atoms with van der Waals surface area (Å²) in [6.07, 6.45) is 1.87. The Morgan fingerprint density at radius 1 is 1.23 bits per heavy atom. The van der Waals surface area contributed by atoms with Crippen molar-refractivity contribution >= 4 is 5.96 Å². The summed E-state index contributed by atoms with van der Waals surface area (Å²) in [5.41, 5.74) is 0.211. The number of halogens is 2. The molecule has 1 aromatic carbocycles. The Kier molecular flexibility index (Phi) is 6.12. The van der Waals surface area contributed by atoms with Crippen LogP contribution in [0.1, 0.15) is 45.1 Å². The summed E-state index contributed by atoms with van der Waals surface area (Å²) in [5.74, 6) is -0.127. The molecule has 0 amide bonds. The molecule has 1 aliphatic heterocycles. The molecule has 1 heterocycles. The number of rotatable bonds is 6. The van der Waals surface area contributed by atoms with Gasteiger partial charge in [0.05, 0.1) is 0 Å². The van der Waals surface area contributed by atoms with Gasteiger partial charge >= 0.3 is 0 Å². The molecular formula is C20H30F2N4. The average Bonchev–Trinajstić information content (AvgIpc) is 3.18. The SMILES string of the molecule is CCN=C(NC1CC1c1c(F)cccc1F)N1CCC(N(CC)CC)C1. The molecule has 3 unspecified atom stereocenters. The molecule has 2 aliphatic rings. The monoisotopic (exact) mass is 364 g/mol. The molecule has 1 aromatic rings. The zero-order valence-electron chi connectivity index (χ0n) is 16.0. The molecule has 3 rings (SSSR count). The number of hydrogen-bond donors (Lipinski definition) is 1. The van der Waals surface area contributed by atoms with E-state index < -0.39 is 11.6 Å². The fourth-order valence-corrected chi connectivity index (χ4v) is 4.06. The molecule has 0 spiro atoms. The summed E-state index contributed by atoms with van der Waals surface area (Å²) >= 11 is 0. The fourth-order valence-electron chi connectivity index (χ4n) is 4.06. The van der Waals surface area contributed by atoms with Gasteiger partial charge in [0.2, 0.25) is 0 Å². The molecular weight excluding hydrogens is 334 g/mol. The third kappa shape index (κ3) is 4.00. The van der Waals surface area contributed by atoms with Crippen molar-refractivity contribution < 1.29 is 8.78 Å². The molecule has 3 atom stereocenters. The van der Waals surface area contributed by atoms with Crippen LogP contribution in [0.3, 0.4) is 0 Å². The fraction of sp³-hybridized carbons (Fsp3) is 0.650. The van der Waals surface area contributed by atoms with Crippen molar-refractivity contribution in [2.75, 3.05) is 32.7 Å². The van der Waals surface area contributed by atoms with Gasteiger partial charge in [-0.15, -0.1) is 0 Å². The van der Waals surface area contributed by atoms with Gasteiger partial charge in [0, 0.05) is 43.2 Å². The first-order valence-corrected chi connectivity index (χ1v) is 9.82. The van der Waals surface area contributed by atoms with Crippen molar-refractivity contribution in [1.29, 1.82) is 0 Å². The Balaban J connectivity index is 1.64. The molecule has 1 N–H and O–H groups in total. The zero-order chi connectivity index (χ0) is 18.7. The van der Waals surface area contributed by atoms with Crippen LogP contribution in [0, 0.1) is 11.6 Å². The Hall–Kier alpha value is -1.69. The van der Waals surface area contributed by atoms with Crippen molar-refractivity contribution in [3.63, 3.8) is 0 Å². The molecule has 26 heavy (non-hydrogen) atoms. The van der Waals surface area contributed by atoms with Gasteiger partial charge < -0.3 is 10.2 Å². The molecule has 0 aromatic heterocycles. The summed E-state index contributed by atoms with van der Waals surface area (Å²) in [7, 11) is 0. The number of guanidine groups is 1. The minimum atomic E-state index is -0.448. The van der Waals surface area contributed by atoms with Gasteiger partial charge in [0.15, 0.2) is 5.96 Å². The van der Waals surface area contributed by atoms with Gasteiger partial charge in [-0.2, -0.15) is 0 Å². The van der Waals surface area contributed by atoms with Crippen LogP contribution in [-0.4, -0.2) is 60.6 Å². The predicted octanol–water partition coefficient (Wildman–Crippen LogP) is 3.20. The van der Waals surface area contributed by atoms with Gasteiger partial charge in [-0.25, -0.2) is 8.78 Å². The minimum Gasteiger partial charge on any atom is -0.353 e. The molecule has 1 saturated heterocycles. The molecule has 0 radical (unpaired) electrons. The van der Waals surface area contributed by atoms with E-state index in [1.54, 1.807) is 0 Å². The Morgan fingerprint density at radius 3 is 2.54 bits per heavy atom. The third-order valence-electron chi connectivity index (χ3n) is 5.57. The van der Waals surface area contributed by atoms with Gasteiger partial charge in [-0.3, -0.25) is 9.89 Å². The first-order chi connectivity index (χ1) is 12.6. The Bertz CT molecular complexity index is 624. The predicted molar refractivity (Wildman–Crippen MR) is 102 cm³/mol. The van der Waals surface area contributed by atoms with E-state index in [1.807, 2.05) is 6.92 Å². The topological polar surface area (TPSA) is 30.9 Å². The molecule has 1 saturated carbocycles. The Morgan fingerprint density at radius 2 is 1.92 bits per heavy atom. The van der Waals surface area contributed by atoms with E-state index in [4.69, 9.17) is 0 Å². The number of aliphatic imine (C=N–C) groups is 1. The van der Waals surface area contributed by atoms with Crippen molar-refractivity contribution in [2.24, 2.45) is 4.99 Å². The van der Waals surface area contributed by atoms with E-state index in [1.165, 1.54) is 18.2 Å². The lowest BCUT2D eigenvalue weighted by atomic mass is 10.1. The standard InChI is InChI=1S/C20H30F2N4/c1-4-23-20(26-11-10-14(13-26)25(5-2)6-3)24-18-12-15(18)19-16(21)8-7-9-17(19)22/h7-9,14-15,18H,4-6,10-13H2,1-3H3,(H,23,24). The van der Waals surface area contributed by atoms with Crippen LogP contribution >= 0.6 is 0 Å². The minimum absolute atomic E-state index is 0.0548. The Labute approximate surface area is 155 Å². The maximum atomic E-state index is 14.0. The quantitative estimate of drug-likeness (QED) is 0.621. The highest BCUT2D eigenvalue weighted by Gasteiger charge is 2.43. The van der Waals surface area contributed by atoms with Gasteiger partial charge in [0.1, 0.15) is 11.6 Å². The maximum Gasteiger partial charge on any atom is 0.194 e. The molecule has 4 nitrogen and oxygen atoms in total. The lowest BCUT2D eigenvalue weighted by molar-refractivity contribution is 0.223. The first-order valence-electron chi connectivity index (χ1n) is 9.82. The number of hydrogen-bond acceptors (Lipinski definition) is 2. The molecule has 6 heteroatoms.